The van der Waals surface area contributed by atoms with Gasteiger partial charge in [0.05, 0.1) is 18.9 Å². The molecule has 3 N–H and O–H groups in total. The second kappa shape index (κ2) is 6.82. The molecular weight excluding hydrogens is 316 g/mol. The summed E-state index contributed by atoms with van der Waals surface area (Å²) in [4.78, 5) is 4.75. The molecule has 4 rings (SSSR count). The molecule has 1 aliphatic carbocycles. The Bertz CT molecular complexity index is 869. The lowest BCUT2D eigenvalue weighted by Crippen LogP contribution is -2.28. The normalized spacial score (nSPS) is 20.7. The average molecular weight is 338 g/mol. The Balaban J connectivity index is 1.66. The highest BCUT2D eigenvalue weighted by atomic mass is 16.3. The molecular formula is C19H22N4O2. The lowest BCUT2D eigenvalue weighted by molar-refractivity contribution is 0.126. The van der Waals surface area contributed by atoms with Crippen molar-refractivity contribution in [1.82, 2.24) is 14.6 Å². The highest BCUT2D eigenvalue weighted by Crippen LogP contribution is 2.28. The molecule has 1 saturated carbocycles. The van der Waals surface area contributed by atoms with Crippen molar-refractivity contribution < 1.29 is 10.2 Å². The Kier molecular flexibility index (Phi) is 4.38. The summed E-state index contributed by atoms with van der Waals surface area (Å²) in [5.74, 6) is 0.817. The van der Waals surface area contributed by atoms with Crippen LogP contribution in [0, 0.1) is 0 Å². The summed E-state index contributed by atoms with van der Waals surface area (Å²) in [6.07, 6.45) is 7.10. The number of rotatable bonds is 4. The summed E-state index contributed by atoms with van der Waals surface area (Å²) in [7, 11) is 0. The van der Waals surface area contributed by atoms with Crippen molar-refractivity contribution >= 4 is 11.5 Å². The third kappa shape index (κ3) is 3.23. The lowest BCUT2D eigenvalue weighted by Gasteiger charge is -2.26. The fraction of sp³-hybridized carbons (Fsp3) is 0.368. The second-order valence-corrected chi connectivity index (χ2v) is 6.60. The van der Waals surface area contributed by atoms with E-state index in [4.69, 9.17) is 4.98 Å². The van der Waals surface area contributed by atoms with Crippen LogP contribution < -0.4 is 5.32 Å². The van der Waals surface area contributed by atoms with Gasteiger partial charge in [0.1, 0.15) is 5.82 Å². The van der Waals surface area contributed by atoms with Crippen molar-refractivity contribution in [3.63, 3.8) is 0 Å². The molecule has 1 aromatic carbocycles. The number of benzene rings is 1. The van der Waals surface area contributed by atoms with Crippen LogP contribution in [0.3, 0.4) is 0 Å². The highest BCUT2D eigenvalue weighted by Gasteiger charge is 2.20. The van der Waals surface area contributed by atoms with Crippen LogP contribution in [0.2, 0.25) is 0 Å². The van der Waals surface area contributed by atoms with Crippen molar-refractivity contribution in [1.29, 1.82) is 0 Å². The van der Waals surface area contributed by atoms with Gasteiger partial charge < -0.3 is 15.5 Å². The molecule has 6 nitrogen and oxygen atoms in total. The van der Waals surface area contributed by atoms with Gasteiger partial charge in [0.2, 0.25) is 0 Å². The molecule has 0 unspecified atom stereocenters. The van der Waals surface area contributed by atoms with E-state index in [-0.39, 0.29) is 12.7 Å². The van der Waals surface area contributed by atoms with Gasteiger partial charge in [0.15, 0.2) is 5.65 Å². The van der Waals surface area contributed by atoms with E-state index in [2.05, 4.69) is 10.4 Å². The van der Waals surface area contributed by atoms with Crippen molar-refractivity contribution in [3.05, 3.63) is 48.3 Å². The molecule has 0 bridgehead atoms. The molecule has 2 aromatic heterocycles. The van der Waals surface area contributed by atoms with E-state index < -0.39 is 0 Å². The predicted octanol–water partition coefficient (Wildman–Crippen LogP) is 2.60. The van der Waals surface area contributed by atoms with E-state index in [9.17, 15) is 10.2 Å². The van der Waals surface area contributed by atoms with E-state index >= 15 is 0 Å². The quantitative estimate of drug-likeness (QED) is 0.681. The summed E-state index contributed by atoms with van der Waals surface area (Å²) >= 11 is 0. The van der Waals surface area contributed by atoms with Gasteiger partial charge in [-0.25, -0.2) is 9.50 Å². The number of hydrogen-bond donors (Lipinski definition) is 3. The minimum absolute atomic E-state index is 0.0180. The van der Waals surface area contributed by atoms with Gasteiger partial charge in [-0.05, 0) is 42.9 Å². The van der Waals surface area contributed by atoms with Crippen molar-refractivity contribution in [2.75, 3.05) is 5.32 Å². The maximum Gasteiger partial charge on any atom is 0.165 e. The average Bonchev–Trinajstić information content (AvgIpc) is 3.06. The Morgan fingerprint density at radius 3 is 2.68 bits per heavy atom. The first-order chi connectivity index (χ1) is 12.2. The van der Waals surface area contributed by atoms with Gasteiger partial charge >= 0.3 is 0 Å². The number of aromatic nitrogens is 3. The molecule has 0 saturated heterocycles. The van der Waals surface area contributed by atoms with Crippen LogP contribution in [0.15, 0.2) is 42.7 Å². The Hall–Kier alpha value is -2.44. The van der Waals surface area contributed by atoms with Crippen LogP contribution in [0.5, 0.6) is 0 Å². The minimum atomic E-state index is -0.162. The lowest BCUT2D eigenvalue weighted by atomic mass is 9.93. The van der Waals surface area contributed by atoms with Gasteiger partial charge in [-0.1, -0.05) is 24.3 Å². The fourth-order valence-electron chi connectivity index (χ4n) is 3.49. The predicted molar refractivity (Wildman–Crippen MR) is 96.2 cm³/mol. The van der Waals surface area contributed by atoms with Gasteiger partial charge in [-0.2, -0.15) is 5.10 Å². The summed E-state index contributed by atoms with van der Waals surface area (Å²) in [5.41, 5.74) is 3.48. The Morgan fingerprint density at radius 2 is 1.88 bits per heavy atom. The van der Waals surface area contributed by atoms with E-state index in [1.54, 1.807) is 10.7 Å². The van der Waals surface area contributed by atoms with Crippen molar-refractivity contribution in [3.8, 4) is 11.1 Å². The van der Waals surface area contributed by atoms with Crippen LogP contribution in [0.25, 0.3) is 16.8 Å². The standard InChI is InChI=1S/C19H22N4O2/c24-12-13-3-1-2-4-16(13)17-11-20-23-10-9-18(22-19(17)23)21-14-5-7-15(25)8-6-14/h1-4,9-11,14-15,24-25H,5-8,12H2,(H,21,22). The third-order valence-electron chi connectivity index (χ3n) is 4.90. The van der Waals surface area contributed by atoms with E-state index in [0.29, 0.717) is 6.04 Å². The molecule has 6 heteroatoms. The summed E-state index contributed by atoms with van der Waals surface area (Å²) in [6.45, 7) is -0.0180. The molecule has 1 aliphatic rings. The zero-order valence-corrected chi connectivity index (χ0v) is 14.0. The van der Waals surface area contributed by atoms with Crippen LogP contribution >= 0.6 is 0 Å². The molecule has 1 fully saturated rings. The zero-order valence-electron chi connectivity index (χ0n) is 14.0. The zero-order chi connectivity index (χ0) is 17.2. The SMILES string of the molecule is OCc1ccccc1-c1cnn2ccc(NC3CCC(O)CC3)nc12. The minimum Gasteiger partial charge on any atom is -0.393 e. The summed E-state index contributed by atoms with van der Waals surface area (Å²) in [5, 5.41) is 27.1. The van der Waals surface area contributed by atoms with E-state index in [0.717, 1.165) is 53.8 Å². The van der Waals surface area contributed by atoms with E-state index in [1.165, 1.54) is 0 Å². The van der Waals surface area contributed by atoms with Gasteiger partial charge in [-0.3, -0.25) is 0 Å². The molecule has 3 aromatic rings. The van der Waals surface area contributed by atoms with Crippen LogP contribution in [0.4, 0.5) is 5.82 Å². The molecule has 0 atom stereocenters. The summed E-state index contributed by atoms with van der Waals surface area (Å²) in [6, 6.07) is 10.0. The molecule has 2 heterocycles. The fourth-order valence-corrected chi connectivity index (χ4v) is 3.49. The van der Waals surface area contributed by atoms with Crippen molar-refractivity contribution in [2.24, 2.45) is 0 Å². The molecule has 25 heavy (non-hydrogen) atoms. The molecule has 0 aliphatic heterocycles. The topological polar surface area (TPSA) is 82.7 Å². The largest absolute Gasteiger partial charge is 0.393 e. The number of nitrogens with one attached hydrogen (secondary N) is 1. The molecule has 0 amide bonds. The van der Waals surface area contributed by atoms with Gasteiger partial charge in [0, 0.05) is 17.8 Å². The van der Waals surface area contributed by atoms with Crippen molar-refractivity contribution in [2.45, 2.75) is 44.4 Å². The van der Waals surface area contributed by atoms with Gasteiger partial charge in [0.25, 0.3) is 0 Å². The maximum atomic E-state index is 9.64. The first kappa shape index (κ1) is 16.1. The number of hydrogen-bond acceptors (Lipinski definition) is 5. The first-order valence-corrected chi connectivity index (χ1v) is 8.72. The Labute approximate surface area is 146 Å². The van der Waals surface area contributed by atoms with Crippen LogP contribution in [-0.2, 0) is 6.61 Å². The van der Waals surface area contributed by atoms with Crippen LogP contribution in [0.1, 0.15) is 31.2 Å². The van der Waals surface area contributed by atoms with Crippen LogP contribution in [-0.4, -0.2) is 37.0 Å². The first-order valence-electron chi connectivity index (χ1n) is 8.72. The molecule has 0 radical (unpaired) electrons. The monoisotopic (exact) mass is 338 g/mol. The van der Waals surface area contributed by atoms with E-state index in [1.807, 2.05) is 36.5 Å². The number of nitrogens with zero attached hydrogens (tertiary/aromatic N) is 3. The highest BCUT2D eigenvalue weighted by molar-refractivity contribution is 5.79. The molecule has 0 spiro atoms. The second-order valence-electron chi connectivity index (χ2n) is 6.60. The number of aliphatic hydroxyl groups is 2. The maximum absolute atomic E-state index is 9.64. The summed E-state index contributed by atoms with van der Waals surface area (Å²) < 4.78 is 1.75. The number of anilines is 1. The number of aliphatic hydroxyl groups excluding tert-OH is 2. The molecule has 130 valence electrons. The number of fused-ring (bicyclic) bond motifs is 1. The Morgan fingerprint density at radius 1 is 1.08 bits per heavy atom. The smallest absolute Gasteiger partial charge is 0.165 e. The third-order valence-corrected chi connectivity index (χ3v) is 4.90. The van der Waals surface area contributed by atoms with Gasteiger partial charge in [-0.15, -0.1) is 0 Å².